The third-order valence-corrected chi connectivity index (χ3v) is 3.34. The van der Waals surface area contributed by atoms with Crippen LogP contribution in [0.1, 0.15) is 12.2 Å². The van der Waals surface area contributed by atoms with Crippen molar-refractivity contribution in [3.63, 3.8) is 0 Å². The average Bonchev–Trinajstić information content (AvgIpc) is 2.99. The van der Waals surface area contributed by atoms with Crippen LogP contribution in [0, 0.1) is 5.82 Å². The molecule has 2 rings (SSSR count). The minimum absolute atomic E-state index is 0.0233. The van der Waals surface area contributed by atoms with E-state index < -0.39 is 0 Å². The van der Waals surface area contributed by atoms with Crippen LogP contribution in [0.3, 0.4) is 0 Å². The zero-order valence-electron chi connectivity index (χ0n) is 13.1. The van der Waals surface area contributed by atoms with Gasteiger partial charge in [0.2, 0.25) is 11.8 Å². The van der Waals surface area contributed by atoms with Crippen LogP contribution in [0.25, 0.3) is 11.3 Å². The highest BCUT2D eigenvalue weighted by Crippen LogP contribution is 2.25. The molecule has 0 saturated heterocycles. The third-order valence-electron chi connectivity index (χ3n) is 3.34. The Morgan fingerprint density at radius 1 is 1.17 bits per heavy atom. The molecule has 122 valence electrons. The summed E-state index contributed by atoms with van der Waals surface area (Å²) in [6, 6.07) is 9.75. The number of rotatable bonds is 6. The van der Waals surface area contributed by atoms with Crippen molar-refractivity contribution in [1.29, 1.82) is 0 Å². The maximum Gasteiger partial charge on any atom is 0.241 e. The maximum atomic E-state index is 13.7. The molecule has 0 radical (unpaired) electrons. The lowest BCUT2D eigenvalue weighted by Gasteiger charge is -2.10. The number of carbonyl (C=O) groups excluding carboxylic acids is 2. The summed E-state index contributed by atoms with van der Waals surface area (Å²) in [6.45, 7) is -0.0233. The normalized spacial score (nSPS) is 10.4. The van der Waals surface area contributed by atoms with E-state index in [1.54, 1.807) is 44.4 Å². The first-order chi connectivity index (χ1) is 11.0. The highest BCUT2D eigenvalue weighted by atomic mass is 19.1. The Kier molecular flexibility index (Phi) is 5.51. The summed E-state index contributed by atoms with van der Waals surface area (Å²) >= 11 is 0. The molecule has 0 unspecified atom stereocenters. The Bertz CT molecular complexity index is 695. The van der Waals surface area contributed by atoms with Crippen LogP contribution < -0.4 is 5.32 Å². The van der Waals surface area contributed by atoms with Crippen molar-refractivity contribution in [2.24, 2.45) is 0 Å². The molecule has 1 N–H and O–H groups in total. The molecule has 0 atom stereocenters. The number of amides is 2. The van der Waals surface area contributed by atoms with Crippen molar-refractivity contribution >= 4 is 11.8 Å². The van der Waals surface area contributed by atoms with Crippen LogP contribution in [0.2, 0.25) is 0 Å². The van der Waals surface area contributed by atoms with Gasteiger partial charge in [-0.05, 0) is 24.3 Å². The molecule has 5 nitrogen and oxygen atoms in total. The van der Waals surface area contributed by atoms with Gasteiger partial charge in [0.1, 0.15) is 17.3 Å². The van der Waals surface area contributed by atoms with Crippen LogP contribution >= 0.6 is 0 Å². The van der Waals surface area contributed by atoms with Gasteiger partial charge in [-0.2, -0.15) is 0 Å². The average molecular weight is 318 g/mol. The number of hydrogen-bond donors (Lipinski definition) is 1. The monoisotopic (exact) mass is 318 g/mol. The van der Waals surface area contributed by atoms with Crippen molar-refractivity contribution < 1.29 is 18.4 Å². The van der Waals surface area contributed by atoms with E-state index in [0.29, 0.717) is 23.5 Å². The fourth-order valence-electron chi connectivity index (χ4n) is 1.98. The molecule has 0 saturated carbocycles. The standard InChI is InChI=1S/C17H19FN2O3/c1-20(2)17(22)11-19-16(21)10-8-12-7-9-15(23-12)13-5-3-4-6-14(13)18/h3-7,9H,8,10-11H2,1-2H3,(H,19,21). The van der Waals surface area contributed by atoms with Crippen LogP contribution in [-0.2, 0) is 16.0 Å². The summed E-state index contributed by atoms with van der Waals surface area (Å²) in [4.78, 5) is 24.5. The molecule has 0 fully saturated rings. The van der Waals surface area contributed by atoms with Gasteiger partial charge < -0.3 is 14.6 Å². The number of likely N-dealkylation sites (N-methyl/N-ethyl adjacent to an activating group) is 1. The minimum atomic E-state index is -0.353. The van der Waals surface area contributed by atoms with Crippen molar-refractivity contribution in [2.45, 2.75) is 12.8 Å². The minimum Gasteiger partial charge on any atom is -0.461 e. The Morgan fingerprint density at radius 3 is 2.61 bits per heavy atom. The molecule has 2 amide bonds. The van der Waals surface area contributed by atoms with E-state index in [1.807, 2.05) is 0 Å². The molecular formula is C17H19FN2O3. The van der Waals surface area contributed by atoms with E-state index in [2.05, 4.69) is 5.32 Å². The number of benzene rings is 1. The summed E-state index contributed by atoms with van der Waals surface area (Å²) in [6.07, 6.45) is 0.585. The van der Waals surface area contributed by atoms with Crippen molar-refractivity contribution in [3.05, 3.63) is 48.0 Å². The molecule has 1 aromatic heterocycles. The Morgan fingerprint density at radius 2 is 1.91 bits per heavy atom. The lowest BCUT2D eigenvalue weighted by molar-refractivity contribution is -0.130. The number of halogens is 1. The van der Waals surface area contributed by atoms with Crippen LogP contribution in [0.15, 0.2) is 40.8 Å². The molecule has 1 heterocycles. The van der Waals surface area contributed by atoms with E-state index >= 15 is 0 Å². The maximum absolute atomic E-state index is 13.7. The van der Waals surface area contributed by atoms with E-state index in [0.717, 1.165) is 0 Å². The second-order valence-corrected chi connectivity index (χ2v) is 5.31. The molecule has 6 heteroatoms. The van der Waals surface area contributed by atoms with E-state index in [1.165, 1.54) is 11.0 Å². The summed E-state index contributed by atoms with van der Waals surface area (Å²) in [7, 11) is 3.25. The highest BCUT2D eigenvalue weighted by molar-refractivity contribution is 5.84. The van der Waals surface area contributed by atoms with Crippen molar-refractivity contribution in [3.8, 4) is 11.3 Å². The van der Waals surface area contributed by atoms with E-state index in [4.69, 9.17) is 4.42 Å². The van der Waals surface area contributed by atoms with Gasteiger partial charge in [-0.15, -0.1) is 0 Å². The van der Waals surface area contributed by atoms with Gasteiger partial charge in [0, 0.05) is 26.9 Å². The third kappa shape index (κ3) is 4.67. The molecule has 0 aliphatic rings. The van der Waals surface area contributed by atoms with Crippen LogP contribution in [0.5, 0.6) is 0 Å². The first-order valence-electron chi connectivity index (χ1n) is 7.28. The van der Waals surface area contributed by atoms with E-state index in [9.17, 15) is 14.0 Å². The molecular weight excluding hydrogens is 299 g/mol. The quantitative estimate of drug-likeness (QED) is 0.888. The van der Waals surface area contributed by atoms with Gasteiger partial charge in [0.25, 0.3) is 0 Å². The van der Waals surface area contributed by atoms with Gasteiger partial charge in [-0.1, -0.05) is 12.1 Å². The molecule has 0 bridgehead atoms. The Hall–Kier alpha value is -2.63. The second-order valence-electron chi connectivity index (χ2n) is 5.31. The number of nitrogens with zero attached hydrogens (tertiary/aromatic N) is 1. The fraction of sp³-hybridized carbons (Fsp3) is 0.294. The summed E-state index contributed by atoms with van der Waals surface area (Å²) in [5.41, 5.74) is 0.389. The largest absolute Gasteiger partial charge is 0.461 e. The molecule has 0 aliphatic carbocycles. The zero-order valence-corrected chi connectivity index (χ0v) is 13.1. The molecule has 0 aliphatic heterocycles. The number of aryl methyl sites for hydroxylation is 1. The summed E-state index contributed by atoms with van der Waals surface area (Å²) in [5.74, 6) is 0.272. The number of carbonyl (C=O) groups is 2. The van der Waals surface area contributed by atoms with Gasteiger partial charge in [0.15, 0.2) is 0 Å². The first-order valence-corrected chi connectivity index (χ1v) is 7.28. The topological polar surface area (TPSA) is 62.6 Å². The highest BCUT2D eigenvalue weighted by Gasteiger charge is 2.11. The van der Waals surface area contributed by atoms with Crippen molar-refractivity contribution in [1.82, 2.24) is 10.2 Å². The van der Waals surface area contributed by atoms with Crippen LogP contribution in [0.4, 0.5) is 4.39 Å². The SMILES string of the molecule is CN(C)C(=O)CNC(=O)CCc1ccc(-c2ccccc2F)o1. The predicted octanol–water partition coefficient (Wildman–Crippen LogP) is 2.22. The second kappa shape index (κ2) is 7.58. The lowest BCUT2D eigenvalue weighted by atomic mass is 10.1. The van der Waals surface area contributed by atoms with Gasteiger partial charge in [-0.25, -0.2) is 4.39 Å². The number of furan rings is 1. The Labute approximate surface area is 134 Å². The van der Waals surface area contributed by atoms with Gasteiger partial charge in [-0.3, -0.25) is 9.59 Å². The smallest absolute Gasteiger partial charge is 0.241 e. The Balaban J connectivity index is 1.87. The summed E-state index contributed by atoms with van der Waals surface area (Å²) < 4.78 is 19.2. The molecule has 2 aromatic rings. The van der Waals surface area contributed by atoms with E-state index in [-0.39, 0.29) is 30.6 Å². The first kappa shape index (κ1) is 16.7. The molecule has 0 spiro atoms. The zero-order chi connectivity index (χ0) is 16.8. The lowest BCUT2D eigenvalue weighted by Crippen LogP contribution is -2.36. The number of hydrogen-bond acceptors (Lipinski definition) is 3. The van der Waals surface area contributed by atoms with Crippen molar-refractivity contribution in [2.75, 3.05) is 20.6 Å². The molecule has 1 aromatic carbocycles. The predicted molar refractivity (Wildman–Crippen MR) is 84.1 cm³/mol. The van der Waals surface area contributed by atoms with Gasteiger partial charge in [0.05, 0.1) is 12.1 Å². The number of nitrogens with one attached hydrogen (secondary N) is 1. The fourth-order valence-corrected chi connectivity index (χ4v) is 1.98. The summed E-state index contributed by atoms with van der Waals surface area (Å²) in [5, 5.41) is 2.55. The molecule has 23 heavy (non-hydrogen) atoms. The van der Waals surface area contributed by atoms with Crippen LogP contribution in [-0.4, -0.2) is 37.4 Å². The van der Waals surface area contributed by atoms with Gasteiger partial charge >= 0.3 is 0 Å².